The Balaban J connectivity index is 1.56. The van der Waals surface area contributed by atoms with Crippen LogP contribution in [-0.4, -0.2) is 43.6 Å². The molecule has 168 valence electrons. The molecule has 0 spiro atoms. The lowest BCUT2D eigenvalue weighted by Gasteiger charge is -2.14. The molecule has 3 aromatic rings. The molecule has 1 saturated heterocycles. The highest BCUT2D eigenvalue weighted by Gasteiger charge is 2.23. The molecular formula is C24H27FN4O2S. The van der Waals surface area contributed by atoms with Gasteiger partial charge in [0.2, 0.25) is 0 Å². The quantitative estimate of drug-likeness (QED) is 0.263. The number of Topliss-reactive ketones (excluding diaryl/α,β-unsaturated/α-hetero) is 1. The molecule has 1 fully saturated rings. The lowest BCUT2D eigenvalue weighted by molar-refractivity contribution is 0.0953. The van der Waals surface area contributed by atoms with Crippen LogP contribution in [-0.2, 0) is 17.8 Å². The van der Waals surface area contributed by atoms with E-state index < -0.39 is 0 Å². The Kier molecular flexibility index (Phi) is 6.91. The number of ketones is 1. The van der Waals surface area contributed by atoms with Crippen LogP contribution in [0.2, 0.25) is 0 Å². The molecule has 0 amide bonds. The van der Waals surface area contributed by atoms with E-state index in [4.69, 9.17) is 4.74 Å². The molecule has 1 aromatic carbocycles. The fourth-order valence-corrected chi connectivity index (χ4v) is 4.90. The second-order valence-corrected chi connectivity index (χ2v) is 8.90. The summed E-state index contributed by atoms with van der Waals surface area (Å²) in [6.45, 7) is 9.77. The second-order valence-electron chi connectivity index (χ2n) is 7.95. The first kappa shape index (κ1) is 22.5. The van der Waals surface area contributed by atoms with Crippen LogP contribution in [0.25, 0.3) is 11.4 Å². The zero-order valence-corrected chi connectivity index (χ0v) is 19.2. The molecule has 8 heteroatoms. The number of hydrogen-bond donors (Lipinski definition) is 0. The number of hydrogen-bond acceptors (Lipinski definition) is 5. The summed E-state index contributed by atoms with van der Waals surface area (Å²) in [5.41, 5.74) is 3.49. The number of halogens is 1. The first-order chi connectivity index (χ1) is 15.5. The third-order valence-electron chi connectivity index (χ3n) is 5.75. The van der Waals surface area contributed by atoms with Crippen molar-refractivity contribution >= 4 is 17.5 Å². The number of benzene rings is 1. The maximum Gasteiger partial charge on any atom is 0.192 e. The van der Waals surface area contributed by atoms with E-state index >= 15 is 0 Å². The van der Waals surface area contributed by atoms with E-state index in [0.717, 1.165) is 42.0 Å². The van der Waals surface area contributed by atoms with E-state index in [1.807, 2.05) is 30.6 Å². The van der Waals surface area contributed by atoms with Crippen molar-refractivity contribution < 1.29 is 13.9 Å². The lowest BCUT2D eigenvalue weighted by atomic mass is 10.2. The predicted octanol–water partition coefficient (Wildman–Crippen LogP) is 4.84. The molecule has 1 aliphatic rings. The van der Waals surface area contributed by atoms with Gasteiger partial charge in [-0.2, -0.15) is 0 Å². The highest BCUT2D eigenvalue weighted by Crippen LogP contribution is 2.28. The monoisotopic (exact) mass is 454 g/mol. The van der Waals surface area contributed by atoms with Crippen LogP contribution in [0.5, 0.6) is 0 Å². The Bertz CT molecular complexity index is 1110. The van der Waals surface area contributed by atoms with Crippen LogP contribution in [0.1, 0.15) is 34.6 Å². The lowest BCUT2D eigenvalue weighted by Crippen LogP contribution is -2.17. The van der Waals surface area contributed by atoms with Gasteiger partial charge in [-0.1, -0.05) is 17.8 Å². The minimum Gasteiger partial charge on any atom is -0.376 e. The number of carbonyl (C=O) groups excluding carboxylic acids is 1. The van der Waals surface area contributed by atoms with Gasteiger partial charge >= 0.3 is 0 Å². The highest BCUT2D eigenvalue weighted by molar-refractivity contribution is 7.99. The molecule has 32 heavy (non-hydrogen) atoms. The summed E-state index contributed by atoms with van der Waals surface area (Å²) in [5.74, 6) is 0.659. The number of aryl methyl sites for hydroxylation is 1. The molecule has 2 aromatic heterocycles. The summed E-state index contributed by atoms with van der Waals surface area (Å²) in [6, 6.07) is 8.15. The number of ether oxygens (including phenoxy) is 1. The van der Waals surface area contributed by atoms with Crippen LogP contribution in [0.3, 0.4) is 0 Å². The van der Waals surface area contributed by atoms with E-state index in [0.29, 0.717) is 24.1 Å². The van der Waals surface area contributed by atoms with Crippen molar-refractivity contribution in [2.45, 2.75) is 51.0 Å². The molecule has 0 bridgehead atoms. The zero-order valence-electron chi connectivity index (χ0n) is 18.4. The Labute approximate surface area is 191 Å². The van der Waals surface area contributed by atoms with Crippen molar-refractivity contribution in [2.75, 3.05) is 12.4 Å². The van der Waals surface area contributed by atoms with Gasteiger partial charge < -0.3 is 9.30 Å². The average Bonchev–Trinajstić information content (AvgIpc) is 3.50. The van der Waals surface area contributed by atoms with Gasteiger partial charge in [0, 0.05) is 35.7 Å². The van der Waals surface area contributed by atoms with Crippen LogP contribution < -0.4 is 0 Å². The minimum absolute atomic E-state index is 0.0495. The Morgan fingerprint density at radius 2 is 2.06 bits per heavy atom. The van der Waals surface area contributed by atoms with Gasteiger partial charge in [0.05, 0.1) is 18.4 Å². The van der Waals surface area contributed by atoms with E-state index in [1.54, 1.807) is 12.1 Å². The highest BCUT2D eigenvalue weighted by atomic mass is 32.2. The van der Waals surface area contributed by atoms with E-state index in [-0.39, 0.29) is 23.5 Å². The normalized spacial score (nSPS) is 15.9. The zero-order chi connectivity index (χ0) is 22.7. The van der Waals surface area contributed by atoms with Gasteiger partial charge in [-0.25, -0.2) is 4.39 Å². The van der Waals surface area contributed by atoms with Crippen molar-refractivity contribution in [2.24, 2.45) is 0 Å². The summed E-state index contributed by atoms with van der Waals surface area (Å²) < 4.78 is 23.3. The average molecular weight is 455 g/mol. The topological polar surface area (TPSA) is 61.9 Å². The van der Waals surface area contributed by atoms with Crippen molar-refractivity contribution in [3.8, 4) is 11.4 Å². The number of carbonyl (C=O) groups is 1. The summed E-state index contributed by atoms with van der Waals surface area (Å²) in [5, 5.41) is 9.37. The van der Waals surface area contributed by atoms with E-state index in [1.165, 1.54) is 23.9 Å². The number of thioether (sulfide) groups is 1. The number of aromatic nitrogens is 4. The maximum atomic E-state index is 13.4. The molecule has 1 atom stereocenters. The second kappa shape index (κ2) is 9.83. The fraction of sp³-hybridized carbons (Fsp3) is 0.375. The molecule has 0 radical (unpaired) electrons. The van der Waals surface area contributed by atoms with Crippen LogP contribution in [0.15, 0.2) is 48.1 Å². The van der Waals surface area contributed by atoms with E-state index in [2.05, 4.69) is 21.3 Å². The molecule has 4 rings (SSSR count). The minimum atomic E-state index is -0.298. The molecule has 6 nitrogen and oxygen atoms in total. The van der Waals surface area contributed by atoms with Crippen molar-refractivity contribution in [3.05, 3.63) is 65.8 Å². The molecule has 0 saturated carbocycles. The number of allylic oxidation sites excluding steroid dienone is 1. The predicted molar refractivity (Wildman–Crippen MR) is 124 cm³/mol. The molecule has 0 aliphatic carbocycles. The smallest absolute Gasteiger partial charge is 0.192 e. The van der Waals surface area contributed by atoms with Crippen LogP contribution >= 0.6 is 11.8 Å². The first-order valence-corrected chi connectivity index (χ1v) is 11.7. The fourth-order valence-electron chi connectivity index (χ4n) is 4.07. The summed E-state index contributed by atoms with van der Waals surface area (Å²) in [6.07, 6.45) is 3.91. The molecule has 0 unspecified atom stereocenters. The van der Waals surface area contributed by atoms with Crippen LogP contribution in [0.4, 0.5) is 4.39 Å². The van der Waals surface area contributed by atoms with Crippen molar-refractivity contribution in [1.82, 2.24) is 19.3 Å². The van der Waals surface area contributed by atoms with Gasteiger partial charge in [0.15, 0.2) is 16.8 Å². The summed E-state index contributed by atoms with van der Waals surface area (Å²) in [4.78, 5) is 13.0. The Morgan fingerprint density at radius 1 is 1.28 bits per heavy atom. The van der Waals surface area contributed by atoms with Gasteiger partial charge in [-0.15, -0.1) is 16.8 Å². The summed E-state index contributed by atoms with van der Waals surface area (Å²) in [7, 11) is 0. The van der Waals surface area contributed by atoms with Crippen molar-refractivity contribution in [1.29, 1.82) is 0 Å². The standard InChI is InChI=1S/C24H27FN4O2S/c1-4-11-28-16(2)13-21(17(28)3)22(30)15-32-24-27-26-23(18-7-9-19(25)10-8-18)29(24)14-20-6-5-12-31-20/h4,7-10,13,20H,1,5-6,11-12,14-15H2,2-3H3/t20-/m1/s1. The number of rotatable bonds is 9. The third-order valence-corrected chi connectivity index (χ3v) is 6.71. The van der Waals surface area contributed by atoms with Gasteiger partial charge in [0.1, 0.15) is 5.82 Å². The van der Waals surface area contributed by atoms with Crippen LogP contribution in [0, 0.1) is 19.7 Å². The molecule has 3 heterocycles. The SMILES string of the molecule is C=CCn1c(C)cc(C(=O)CSc2nnc(-c3ccc(F)cc3)n2C[C@H]2CCCO2)c1C. The van der Waals surface area contributed by atoms with Gasteiger partial charge in [0.25, 0.3) is 0 Å². The Morgan fingerprint density at radius 3 is 2.75 bits per heavy atom. The molecule has 0 N–H and O–H groups in total. The van der Waals surface area contributed by atoms with Gasteiger partial charge in [-0.05, 0) is 57.0 Å². The first-order valence-electron chi connectivity index (χ1n) is 10.7. The van der Waals surface area contributed by atoms with Gasteiger partial charge in [-0.3, -0.25) is 9.36 Å². The maximum absolute atomic E-state index is 13.4. The summed E-state index contributed by atoms with van der Waals surface area (Å²) >= 11 is 1.37. The molecular weight excluding hydrogens is 427 g/mol. The molecule has 1 aliphatic heterocycles. The number of nitrogens with zero attached hydrogens (tertiary/aromatic N) is 4. The Hall–Kier alpha value is -2.71. The van der Waals surface area contributed by atoms with E-state index in [9.17, 15) is 9.18 Å². The van der Waals surface area contributed by atoms with Crippen molar-refractivity contribution in [3.63, 3.8) is 0 Å². The third kappa shape index (κ3) is 4.71. The largest absolute Gasteiger partial charge is 0.376 e.